The zero-order chi connectivity index (χ0) is 16.8. The van der Waals surface area contributed by atoms with Crippen LogP contribution in [-0.2, 0) is 4.74 Å². The fourth-order valence-electron chi connectivity index (χ4n) is 2.16. The van der Waals surface area contributed by atoms with Crippen LogP contribution in [0, 0.1) is 6.92 Å². The average Bonchev–Trinajstić information content (AvgIpc) is 2.89. The third-order valence-electron chi connectivity index (χ3n) is 3.38. The lowest BCUT2D eigenvalue weighted by Crippen LogP contribution is -2.26. The number of amides is 1. The van der Waals surface area contributed by atoms with Crippen LogP contribution in [0.15, 0.2) is 34.9 Å². The van der Waals surface area contributed by atoms with E-state index in [2.05, 4.69) is 26.3 Å². The molecule has 124 valence electrons. The van der Waals surface area contributed by atoms with Gasteiger partial charge < -0.3 is 10.1 Å². The molecule has 1 N–H and O–H groups in total. The highest BCUT2D eigenvalue weighted by atomic mass is 79.9. The number of nitrogens with zero attached hydrogens (tertiary/aromatic N) is 2. The van der Waals surface area contributed by atoms with E-state index in [1.807, 2.05) is 45.0 Å². The molecule has 1 aromatic carbocycles. The third-order valence-corrected chi connectivity index (χ3v) is 3.91. The van der Waals surface area contributed by atoms with Crippen molar-refractivity contribution in [2.24, 2.45) is 0 Å². The molecule has 1 heterocycles. The Morgan fingerprint density at radius 1 is 1.35 bits per heavy atom. The van der Waals surface area contributed by atoms with Crippen molar-refractivity contribution >= 4 is 21.8 Å². The van der Waals surface area contributed by atoms with E-state index in [4.69, 9.17) is 4.74 Å². The molecule has 0 fully saturated rings. The van der Waals surface area contributed by atoms with Gasteiger partial charge in [-0.3, -0.25) is 4.79 Å². The van der Waals surface area contributed by atoms with Crippen molar-refractivity contribution in [2.75, 3.05) is 13.2 Å². The Hall–Kier alpha value is -1.66. The van der Waals surface area contributed by atoms with Crippen LogP contribution in [0.4, 0.5) is 0 Å². The van der Waals surface area contributed by atoms with E-state index in [0.29, 0.717) is 18.7 Å². The number of aromatic nitrogens is 2. The van der Waals surface area contributed by atoms with Crippen molar-refractivity contribution in [3.05, 3.63) is 46.2 Å². The summed E-state index contributed by atoms with van der Waals surface area (Å²) < 4.78 is 8.23. The fraction of sp³-hybridized carbons (Fsp3) is 0.412. The Kier molecular flexibility index (Phi) is 6.36. The maximum Gasteiger partial charge on any atom is 0.254 e. The summed E-state index contributed by atoms with van der Waals surface area (Å²) in [6.45, 7) is 7.13. The number of benzene rings is 1. The molecule has 0 aliphatic rings. The van der Waals surface area contributed by atoms with Gasteiger partial charge in [0.25, 0.3) is 5.91 Å². The molecule has 0 aliphatic carbocycles. The van der Waals surface area contributed by atoms with Gasteiger partial charge in [-0.2, -0.15) is 5.10 Å². The number of hydrogen-bond acceptors (Lipinski definition) is 3. The van der Waals surface area contributed by atoms with Gasteiger partial charge in [-0.05, 0) is 51.5 Å². The number of halogens is 1. The van der Waals surface area contributed by atoms with Crippen LogP contribution in [0.5, 0.6) is 0 Å². The normalized spacial score (nSPS) is 11.0. The lowest BCUT2D eigenvalue weighted by Gasteiger charge is -2.08. The molecule has 0 spiro atoms. The molecule has 0 aliphatic heterocycles. The summed E-state index contributed by atoms with van der Waals surface area (Å²) in [5.41, 5.74) is 2.34. The molecule has 0 bridgehead atoms. The molecular weight excluding hydrogens is 358 g/mol. The molecule has 0 saturated carbocycles. The van der Waals surface area contributed by atoms with Crippen LogP contribution in [0.2, 0.25) is 0 Å². The zero-order valence-corrected chi connectivity index (χ0v) is 15.3. The molecule has 0 saturated heterocycles. The quantitative estimate of drug-likeness (QED) is 0.749. The summed E-state index contributed by atoms with van der Waals surface area (Å²) in [6.07, 6.45) is 2.62. The second-order valence-corrected chi connectivity index (χ2v) is 6.48. The summed E-state index contributed by atoms with van der Waals surface area (Å²) in [6, 6.07) is 7.81. The molecule has 0 unspecified atom stereocenters. The van der Waals surface area contributed by atoms with Gasteiger partial charge in [0.1, 0.15) is 0 Å². The van der Waals surface area contributed by atoms with Crippen LogP contribution < -0.4 is 5.32 Å². The molecule has 23 heavy (non-hydrogen) atoms. The number of carbonyl (C=O) groups is 1. The Balaban J connectivity index is 1.96. The number of hydrogen-bond donors (Lipinski definition) is 1. The third kappa shape index (κ3) is 4.91. The summed E-state index contributed by atoms with van der Waals surface area (Å²) in [7, 11) is 0. The van der Waals surface area contributed by atoms with Crippen LogP contribution in [-0.4, -0.2) is 34.9 Å². The van der Waals surface area contributed by atoms with E-state index in [0.717, 1.165) is 22.3 Å². The summed E-state index contributed by atoms with van der Waals surface area (Å²) in [5.74, 6) is -0.101. The maximum absolute atomic E-state index is 12.2. The number of carbonyl (C=O) groups excluding carboxylic acids is 1. The minimum Gasteiger partial charge on any atom is -0.379 e. The first-order valence-corrected chi connectivity index (χ1v) is 8.48. The average molecular weight is 380 g/mol. The lowest BCUT2D eigenvalue weighted by molar-refractivity contribution is 0.0757. The largest absolute Gasteiger partial charge is 0.379 e. The zero-order valence-electron chi connectivity index (χ0n) is 13.7. The number of rotatable bonds is 7. The van der Waals surface area contributed by atoms with Gasteiger partial charge in [0, 0.05) is 17.6 Å². The Labute approximate surface area is 145 Å². The van der Waals surface area contributed by atoms with Gasteiger partial charge in [0.15, 0.2) is 0 Å². The maximum atomic E-state index is 12.2. The Bertz CT molecular complexity index is 650. The van der Waals surface area contributed by atoms with Crippen molar-refractivity contribution in [2.45, 2.75) is 33.3 Å². The fourth-order valence-corrected chi connectivity index (χ4v) is 2.43. The standard InChI is InChI=1S/C17H22BrN3O2/c1-12(2)23-10-4-9-19-17(22)16-11-20-21(13(16)3)15-7-5-14(18)6-8-15/h5-8,11-12H,4,9-10H2,1-3H3,(H,19,22). The SMILES string of the molecule is Cc1c(C(=O)NCCCOC(C)C)cnn1-c1ccc(Br)cc1. The first kappa shape index (κ1) is 17.7. The molecule has 0 radical (unpaired) electrons. The van der Waals surface area contributed by atoms with Crippen LogP contribution in [0.3, 0.4) is 0 Å². The molecule has 0 atom stereocenters. The predicted octanol–water partition coefficient (Wildman–Crippen LogP) is 3.49. The van der Waals surface area contributed by atoms with E-state index in [9.17, 15) is 4.79 Å². The topological polar surface area (TPSA) is 56.1 Å². The molecule has 1 aromatic heterocycles. The van der Waals surface area contributed by atoms with Gasteiger partial charge in [-0.15, -0.1) is 0 Å². The van der Waals surface area contributed by atoms with E-state index < -0.39 is 0 Å². The van der Waals surface area contributed by atoms with Crippen molar-refractivity contribution in [3.63, 3.8) is 0 Å². The van der Waals surface area contributed by atoms with Crippen molar-refractivity contribution < 1.29 is 9.53 Å². The van der Waals surface area contributed by atoms with E-state index >= 15 is 0 Å². The van der Waals surface area contributed by atoms with E-state index in [1.54, 1.807) is 10.9 Å². The van der Waals surface area contributed by atoms with E-state index in [-0.39, 0.29) is 12.0 Å². The van der Waals surface area contributed by atoms with Crippen LogP contribution in [0.25, 0.3) is 5.69 Å². The number of ether oxygens (including phenoxy) is 1. The lowest BCUT2D eigenvalue weighted by atomic mass is 10.2. The minimum atomic E-state index is -0.101. The minimum absolute atomic E-state index is 0.101. The summed E-state index contributed by atoms with van der Waals surface area (Å²) >= 11 is 3.41. The predicted molar refractivity (Wildman–Crippen MR) is 94.0 cm³/mol. The molecule has 2 rings (SSSR count). The smallest absolute Gasteiger partial charge is 0.254 e. The van der Waals surface area contributed by atoms with Crippen LogP contribution >= 0.6 is 15.9 Å². The first-order valence-electron chi connectivity index (χ1n) is 7.69. The highest BCUT2D eigenvalue weighted by molar-refractivity contribution is 9.10. The van der Waals surface area contributed by atoms with Crippen molar-refractivity contribution in [1.82, 2.24) is 15.1 Å². The Morgan fingerprint density at radius 2 is 2.04 bits per heavy atom. The van der Waals surface area contributed by atoms with Gasteiger partial charge in [0.05, 0.1) is 29.2 Å². The number of nitrogens with one attached hydrogen (secondary N) is 1. The Morgan fingerprint density at radius 3 is 2.70 bits per heavy atom. The van der Waals surface area contributed by atoms with Crippen molar-refractivity contribution in [3.8, 4) is 5.69 Å². The first-order chi connectivity index (χ1) is 11.0. The molecule has 1 amide bonds. The molecule has 5 nitrogen and oxygen atoms in total. The molecular formula is C17H22BrN3O2. The van der Waals surface area contributed by atoms with Gasteiger partial charge in [-0.1, -0.05) is 15.9 Å². The van der Waals surface area contributed by atoms with Gasteiger partial charge in [0.2, 0.25) is 0 Å². The second-order valence-electron chi connectivity index (χ2n) is 5.56. The van der Waals surface area contributed by atoms with Gasteiger partial charge >= 0.3 is 0 Å². The van der Waals surface area contributed by atoms with Crippen molar-refractivity contribution in [1.29, 1.82) is 0 Å². The van der Waals surface area contributed by atoms with Gasteiger partial charge in [-0.25, -0.2) is 4.68 Å². The molecule has 6 heteroatoms. The molecule has 2 aromatic rings. The van der Waals surface area contributed by atoms with Crippen LogP contribution in [0.1, 0.15) is 36.3 Å². The summed E-state index contributed by atoms with van der Waals surface area (Å²) in [4.78, 5) is 12.2. The van der Waals surface area contributed by atoms with E-state index in [1.165, 1.54) is 0 Å². The monoisotopic (exact) mass is 379 g/mol. The highest BCUT2D eigenvalue weighted by Crippen LogP contribution is 2.17. The highest BCUT2D eigenvalue weighted by Gasteiger charge is 2.14. The summed E-state index contributed by atoms with van der Waals surface area (Å²) in [5, 5.41) is 7.23. The second kappa shape index (κ2) is 8.26.